The maximum absolute atomic E-state index is 11.0. The van der Waals surface area contributed by atoms with E-state index in [-0.39, 0.29) is 0 Å². The third kappa shape index (κ3) is 3.08. The normalized spacial score (nSPS) is 13.5. The fourth-order valence-electron chi connectivity index (χ4n) is 1.74. The van der Waals surface area contributed by atoms with Crippen molar-refractivity contribution in [3.63, 3.8) is 0 Å². The van der Waals surface area contributed by atoms with Crippen LogP contribution in [-0.4, -0.2) is 32.4 Å². The molecule has 6 nitrogen and oxygen atoms in total. The Morgan fingerprint density at radius 1 is 1.11 bits per heavy atom. The Kier molecular flexibility index (Phi) is 5.00. The van der Waals surface area contributed by atoms with Gasteiger partial charge in [0.15, 0.2) is 11.5 Å². The molecule has 0 aliphatic heterocycles. The van der Waals surface area contributed by atoms with E-state index in [1.165, 1.54) is 21.3 Å². The Labute approximate surface area is 112 Å². The number of ether oxygens (including phenoxy) is 3. The highest BCUT2D eigenvalue weighted by Crippen LogP contribution is 2.38. The topological polar surface area (TPSA) is 91.0 Å². The van der Waals surface area contributed by atoms with E-state index in [9.17, 15) is 4.79 Å². The molecule has 3 N–H and O–H groups in total. The summed E-state index contributed by atoms with van der Waals surface area (Å²) in [6.45, 7) is 1.54. The Bertz CT molecular complexity index is 461. The zero-order valence-electron chi connectivity index (χ0n) is 11.5. The summed E-state index contributed by atoms with van der Waals surface area (Å²) in [7, 11) is 4.50. The zero-order valence-corrected chi connectivity index (χ0v) is 11.5. The van der Waals surface area contributed by atoms with Crippen molar-refractivity contribution < 1.29 is 24.1 Å². The first-order chi connectivity index (χ1) is 8.96. The molecular formula is C13H19NO5. The number of benzene rings is 1. The summed E-state index contributed by atoms with van der Waals surface area (Å²) >= 11 is 0. The molecular weight excluding hydrogens is 250 g/mol. The van der Waals surface area contributed by atoms with Crippen LogP contribution in [0.15, 0.2) is 12.1 Å². The number of aliphatic carboxylic acids is 1. The molecule has 0 fully saturated rings. The molecule has 2 atom stereocenters. The van der Waals surface area contributed by atoms with E-state index in [1.54, 1.807) is 19.1 Å². The molecule has 0 amide bonds. The Balaban J connectivity index is 3.29. The lowest BCUT2D eigenvalue weighted by atomic mass is 9.94. The first-order valence-corrected chi connectivity index (χ1v) is 5.74. The van der Waals surface area contributed by atoms with Gasteiger partial charge in [-0.05, 0) is 6.07 Å². The predicted octanol–water partition coefficient (Wildman–Crippen LogP) is 1.43. The number of carbonyl (C=O) groups is 1. The maximum atomic E-state index is 11.0. The van der Waals surface area contributed by atoms with Gasteiger partial charge in [-0.15, -0.1) is 0 Å². The lowest BCUT2D eigenvalue weighted by molar-refractivity contribution is -0.141. The fraction of sp³-hybridized carbons (Fsp3) is 0.462. The van der Waals surface area contributed by atoms with Crippen molar-refractivity contribution in [1.82, 2.24) is 0 Å². The molecule has 19 heavy (non-hydrogen) atoms. The average molecular weight is 269 g/mol. The van der Waals surface area contributed by atoms with Gasteiger partial charge in [-0.3, -0.25) is 4.79 Å². The highest BCUT2D eigenvalue weighted by Gasteiger charge is 2.26. The van der Waals surface area contributed by atoms with Crippen LogP contribution in [0.5, 0.6) is 17.2 Å². The number of hydrogen-bond donors (Lipinski definition) is 2. The smallest absolute Gasteiger partial charge is 0.308 e. The standard InChI is InChI=1S/C13H19NO5/c1-7(13(15)16)12(14)8-5-10(18-3)11(19-4)6-9(8)17-2/h5-7,12H,14H2,1-4H3,(H,15,16). The monoisotopic (exact) mass is 269 g/mol. The summed E-state index contributed by atoms with van der Waals surface area (Å²) in [4.78, 5) is 11.0. The van der Waals surface area contributed by atoms with Crippen molar-refractivity contribution in [3.8, 4) is 17.2 Å². The third-order valence-electron chi connectivity index (χ3n) is 3.02. The van der Waals surface area contributed by atoms with Gasteiger partial charge in [0, 0.05) is 17.7 Å². The van der Waals surface area contributed by atoms with Crippen molar-refractivity contribution in [2.75, 3.05) is 21.3 Å². The summed E-state index contributed by atoms with van der Waals surface area (Å²) in [6, 6.07) is 2.57. The van der Waals surface area contributed by atoms with Gasteiger partial charge >= 0.3 is 5.97 Å². The van der Waals surface area contributed by atoms with Gasteiger partial charge in [-0.25, -0.2) is 0 Å². The summed E-state index contributed by atoms with van der Waals surface area (Å²) in [5.74, 6) is -0.265. The zero-order chi connectivity index (χ0) is 14.6. The van der Waals surface area contributed by atoms with Crippen molar-refractivity contribution in [2.45, 2.75) is 13.0 Å². The van der Waals surface area contributed by atoms with Gasteiger partial charge in [0.1, 0.15) is 5.75 Å². The largest absolute Gasteiger partial charge is 0.496 e. The SMILES string of the molecule is COc1cc(OC)c(C(N)C(C)C(=O)O)cc1OC. The predicted molar refractivity (Wildman–Crippen MR) is 69.8 cm³/mol. The average Bonchev–Trinajstić information content (AvgIpc) is 2.43. The van der Waals surface area contributed by atoms with Crippen LogP contribution < -0.4 is 19.9 Å². The van der Waals surface area contributed by atoms with E-state index < -0.39 is 17.9 Å². The molecule has 1 aromatic carbocycles. The highest BCUT2D eigenvalue weighted by molar-refractivity contribution is 5.71. The van der Waals surface area contributed by atoms with Crippen molar-refractivity contribution in [1.29, 1.82) is 0 Å². The lowest BCUT2D eigenvalue weighted by Crippen LogP contribution is -2.26. The van der Waals surface area contributed by atoms with Crippen molar-refractivity contribution in [3.05, 3.63) is 17.7 Å². The number of methoxy groups -OCH3 is 3. The quantitative estimate of drug-likeness (QED) is 0.811. The minimum absolute atomic E-state index is 0.471. The van der Waals surface area contributed by atoms with Crippen molar-refractivity contribution in [2.24, 2.45) is 11.7 Å². The summed E-state index contributed by atoms with van der Waals surface area (Å²) in [5.41, 5.74) is 6.54. The molecule has 0 aromatic heterocycles. The van der Waals surface area contributed by atoms with Crippen LogP contribution >= 0.6 is 0 Å². The minimum Gasteiger partial charge on any atom is -0.496 e. The number of carboxylic acid groups (broad SMARTS) is 1. The van der Waals surface area contributed by atoms with E-state index >= 15 is 0 Å². The maximum Gasteiger partial charge on any atom is 0.308 e. The van der Waals surface area contributed by atoms with E-state index in [2.05, 4.69) is 0 Å². The van der Waals surface area contributed by atoms with Crippen LogP contribution in [0.4, 0.5) is 0 Å². The van der Waals surface area contributed by atoms with Crippen LogP contribution in [0.1, 0.15) is 18.5 Å². The third-order valence-corrected chi connectivity index (χ3v) is 3.02. The van der Waals surface area contributed by atoms with E-state index in [0.717, 1.165) is 0 Å². The van der Waals surface area contributed by atoms with Crippen LogP contribution in [0.3, 0.4) is 0 Å². The molecule has 0 aliphatic rings. The van der Waals surface area contributed by atoms with Gasteiger partial charge in [0.05, 0.1) is 27.2 Å². The van der Waals surface area contributed by atoms with Crippen LogP contribution in [-0.2, 0) is 4.79 Å². The molecule has 0 bridgehead atoms. The van der Waals surface area contributed by atoms with Gasteiger partial charge in [0.2, 0.25) is 0 Å². The number of nitrogens with two attached hydrogens (primary N) is 1. The Hall–Kier alpha value is -1.95. The Morgan fingerprint density at radius 2 is 1.58 bits per heavy atom. The summed E-state index contributed by atoms with van der Waals surface area (Å²) < 4.78 is 15.6. The van der Waals surface area contributed by atoms with Crippen LogP contribution in [0.2, 0.25) is 0 Å². The molecule has 0 radical (unpaired) electrons. The molecule has 1 rings (SSSR count). The van der Waals surface area contributed by atoms with E-state index in [0.29, 0.717) is 22.8 Å². The molecule has 0 spiro atoms. The van der Waals surface area contributed by atoms with Gasteiger partial charge in [-0.1, -0.05) is 6.92 Å². The summed E-state index contributed by atoms with van der Waals surface area (Å²) in [6.07, 6.45) is 0. The number of hydrogen-bond acceptors (Lipinski definition) is 5. The second kappa shape index (κ2) is 6.29. The summed E-state index contributed by atoms with van der Waals surface area (Å²) in [5, 5.41) is 9.03. The molecule has 0 saturated carbocycles. The molecule has 0 heterocycles. The minimum atomic E-state index is -0.968. The van der Waals surface area contributed by atoms with Gasteiger partial charge < -0.3 is 25.1 Å². The van der Waals surface area contributed by atoms with Gasteiger partial charge in [0.25, 0.3) is 0 Å². The molecule has 6 heteroatoms. The molecule has 0 aliphatic carbocycles. The second-order valence-corrected chi connectivity index (χ2v) is 4.10. The fourth-order valence-corrected chi connectivity index (χ4v) is 1.74. The molecule has 1 aromatic rings. The Morgan fingerprint density at radius 3 is 2.00 bits per heavy atom. The van der Waals surface area contributed by atoms with Crippen molar-refractivity contribution >= 4 is 5.97 Å². The first kappa shape index (κ1) is 15.1. The lowest BCUT2D eigenvalue weighted by Gasteiger charge is -2.21. The van der Waals surface area contributed by atoms with Crippen LogP contribution in [0, 0.1) is 5.92 Å². The van der Waals surface area contributed by atoms with E-state index in [1.807, 2.05) is 0 Å². The second-order valence-electron chi connectivity index (χ2n) is 4.10. The van der Waals surface area contributed by atoms with Crippen LogP contribution in [0.25, 0.3) is 0 Å². The highest BCUT2D eigenvalue weighted by atomic mass is 16.5. The number of rotatable bonds is 6. The molecule has 106 valence electrons. The molecule has 2 unspecified atom stereocenters. The van der Waals surface area contributed by atoms with E-state index in [4.69, 9.17) is 25.1 Å². The molecule has 0 saturated heterocycles. The first-order valence-electron chi connectivity index (χ1n) is 5.74. The number of carboxylic acids is 1. The van der Waals surface area contributed by atoms with Gasteiger partial charge in [-0.2, -0.15) is 0 Å².